The summed E-state index contributed by atoms with van der Waals surface area (Å²) >= 11 is 1.38. The molecule has 0 bridgehead atoms. The van der Waals surface area contributed by atoms with Crippen LogP contribution in [0.1, 0.15) is 44.1 Å². The summed E-state index contributed by atoms with van der Waals surface area (Å²) < 4.78 is 27.9. The van der Waals surface area contributed by atoms with Crippen LogP contribution in [0, 0.1) is 18.3 Å². The third-order valence-electron chi connectivity index (χ3n) is 4.21. The predicted octanol–water partition coefficient (Wildman–Crippen LogP) is 2.88. The Morgan fingerprint density at radius 2 is 2.10 bits per heavy atom. The van der Waals surface area contributed by atoms with Crippen molar-refractivity contribution in [3.8, 4) is 0 Å². The van der Waals surface area contributed by atoms with Crippen LogP contribution in [0.2, 0.25) is 0 Å². The molecule has 1 aromatic heterocycles. The molecule has 1 aromatic rings. The number of hydrogen-bond donors (Lipinski definition) is 2. The molecule has 1 saturated carbocycles. The molecule has 2 rings (SSSR count). The molecule has 2 N–H and O–H groups in total. The monoisotopic (exact) mass is 330 g/mol. The summed E-state index contributed by atoms with van der Waals surface area (Å²) in [7, 11) is -3.36. The van der Waals surface area contributed by atoms with Crippen LogP contribution in [0.5, 0.6) is 0 Å². The Kier molecular flexibility index (Phi) is 5.13. The van der Waals surface area contributed by atoms with Crippen molar-refractivity contribution in [2.45, 2.75) is 51.3 Å². The molecule has 1 aliphatic rings. The Morgan fingerprint density at radius 1 is 1.43 bits per heavy atom. The number of hydrogen-bond acceptors (Lipinski definition) is 4. The lowest BCUT2D eigenvalue weighted by molar-refractivity contribution is 0.538. The highest BCUT2D eigenvalue weighted by Crippen LogP contribution is 2.51. The van der Waals surface area contributed by atoms with Gasteiger partial charge >= 0.3 is 0 Å². The van der Waals surface area contributed by atoms with Crippen LogP contribution in [0.4, 0.5) is 0 Å². The molecule has 120 valence electrons. The fourth-order valence-electron chi connectivity index (χ4n) is 2.38. The van der Waals surface area contributed by atoms with Gasteiger partial charge in [-0.3, -0.25) is 0 Å². The number of sulfonamides is 1. The van der Waals surface area contributed by atoms with Crippen LogP contribution in [-0.2, 0) is 16.6 Å². The van der Waals surface area contributed by atoms with Gasteiger partial charge in [0, 0.05) is 18.0 Å². The Labute approximate surface area is 132 Å². The maximum absolute atomic E-state index is 12.3. The van der Waals surface area contributed by atoms with Gasteiger partial charge in [0.2, 0.25) is 10.0 Å². The van der Waals surface area contributed by atoms with Gasteiger partial charge in [-0.1, -0.05) is 20.8 Å². The summed E-state index contributed by atoms with van der Waals surface area (Å²) in [6.07, 6.45) is 2.18. The molecule has 0 aliphatic heterocycles. The van der Waals surface area contributed by atoms with Crippen LogP contribution in [0.15, 0.2) is 10.3 Å². The Hall–Kier alpha value is -0.430. The average molecular weight is 331 g/mol. The van der Waals surface area contributed by atoms with Gasteiger partial charge in [-0.25, -0.2) is 13.1 Å². The van der Waals surface area contributed by atoms with Crippen molar-refractivity contribution in [2.75, 3.05) is 13.1 Å². The van der Waals surface area contributed by atoms with Crippen LogP contribution < -0.4 is 10.0 Å². The van der Waals surface area contributed by atoms with Gasteiger partial charge in [-0.05, 0) is 49.3 Å². The lowest BCUT2D eigenvalue weighted by Gasteiger charge is -2.06. The second-order valence-corrected chi connectivity index (χ2v) is 9.72. The molecule has 1 aliphatic carbocycles. The average Bonchev–Trinajstić information content (AvgIpc) is 2.82. The zero-order valence-corrected chi connectivity index (χ0v) is 15.0. The molecule has 1 atom stereocenters. The molecule has 0 spiro atoms. The molecule has 0 amide bonds. The zero-order valence-electron chi connectivity index (χ0n) is 13.3. The molecule has 1 fully saturated rings. The molecular formula is C15H26N2O2S2. The van der Waals surface area contributed by atoms with E-state index < -0.39 is 10.0 Å². The quantitative estimate of drug-likeness (QED) is 0.721. The second-order valence-electron chi connectivity index (χ2n) is 6.59. The summed E-state index contributed by atoms with van der Waals surface area (Å²) in [5.41, 5.74) is 1.35. The number of nitrogens with one attached hydrogen (secondary N) is 2. The van der Waals surface area contributed by atoms with Crippen molar-refractivity contribution in [2.24, 2.45) is 11.3 Å². The molecule has 6 heteroatoms. The van der Waals surface area contributed by atoms with Gasteiger partial charge in [-0.2, -0.15) is 0 Å². The molecule has 0 saturated heterocycles. The maximum Gasteiger partial charge on any atom is 0.250 e. The first-order valence-corrected chi connectivity index (χ1v) is 9.86. The largest absolute Gasteiger partial charge is 0.312 e. The van der Waals surface area contributed by atoms with Gasteiger partial charge in [0.25, 0.3) is 0 Å². The van der Waals surface area contributed by atoms with Gasteiger partial charge in [0.15, 0.2) is 0 Å². The van der Waals surface area contributed by atoms with Crippen molar-refractivity contribution in [3.05, 3.63) is 16.5 Å². The van der Waals surface area contributed by atoms with E-state index in [1.54, 1.807) is 6.07 Å². The zero-order chi connectivity index (χ0) is 15.7. The van der Waals surface area contributed by atoms with E-state index in [0.29, 0.717) is 22.1 Å². The van der Waals surface area contributed by atoms with E-state index in [-0.39, 0.29) is 0 Å². The Morgan fingerprint density at radius 3 is 2.67 bits per heavy atom. The number of thiophene rings is 1. The van der Waals surface area contributed by atoms with Crippen LogP contribution in [0.3, 0.4) is 0 Å². The van der Waals surface area contributed by atoms with Crippen molar-refractivity contribution in [3.63, 3.8) is 0 Å². The molecule has 0 radical (unpaired) electrons. The van der Waals surface area contributed by atoms with Crippen molar-refractivity contribution in [1.29, 1.82) is 0 Å². The molecule has 4 nitrogen and oxygen atoms in total. The van der Waals surface area contributed by atoms with Crippen molar-refractivity contribution in [1.82, 2.24) is 10.0 Å². The minimum atomic E-state index is -3.36. The summed E-state index contributed by atoms with van der Waals surface area (Å²) in [5.74, 6) is 0.471. The fourth-order valence-corrected chi connectivity index (χ4v) is 5.07. The fraction of sp³-hybridized carbons (Fsp3) is 0.733. The highest BCUT2D eigenvalue weighted by Gasteiger charge is 2.45. The van der Waals surface area contributed by atoms with Crippen LogP contribution in [-0.4, -0.2) is 21.5 Å². The lowest BCUT2D eigenvalue weighted by Crippen LogP contribution is -2.26. The molecule has 1 unspecified atom stereocenters. The van der Waals surface area contributed by atoms with Gasteiger partial charge < -0.3 is 5.32 Å². The predicted molar refractivity (Wildman–Crippen MR) is 88.1 cm³/mol. The van der Waals surface area contributed by atoms with E-state index in [4.69, 9.17) is 0 Å². The van der Waals surface area contributed by atoms with Gasteiger partial charge in [-0.15, -0.1) is 11.3 Å². The SMILES string of the molecule is CCCNCc1sc(S(=O)(=O)NCC2CC2(C)C)cc1C. The first-order chi connectivity index (χ1) is 9.76. The number of aryl methyl sites for hydroxylation is 1. The van der Waals surface area contributed by atoms with Crippen LogP contribution >= 0.6 is 11.3 Å². The van der Waals surface area contributed by atoms with E-state index in [1.807, 2.05) is 6.92 Å². The minimum Gasteiger partial charge on any atom is -0.312 e. The smallest absolute Gasteiger partial charge is 0.250 e. The van der Waals surface area contributed by atoms with E-state index in [2.05, 4.69) is 30.8 Å². The molecule has 1 heterocycles. The summed E-state index contributed by atoms with van der Waals surface area (Å²) in [6.45, 7) is 10.7. The van der Waals surface area contributed by atoms with E-state index >= 15 is 0 Å². The van der Waals surface area contributed by atoms with Crippen molar-refractivity contribution < 1.29 is 8.42 Å². The molecule has 21 heavy (non-hydrogen) atoms. The van der Waals surface area contributed by atoms with Crippen LogP contribution in [0.25, 0.3) is 0 Å². The maximum atomic E-state index is 12.3. The highest BCUT2D eigenvalue weighted by atomic mass is 32.2. The standard InChI is InChI=1S/C15H26N2O2S2/c1-5-6-16-10-13-11(2)7-14(20-13)21(18,19)17-9-12-8-15(12,3)4/h7,12,16-17H,5-6,8-10H2,1-4H3. The van der Waals surface area contributed by atoms with E-state index in [1.165, 1.54) is 11.3 Å². The third kappa shape index (κ3) is 4.28. The topological polar surface area (TPSA) is 58.2 Å². The normalized spacial score (nSPS) is 20.7. The van der Waals surface area contributed by atoms with E-state index in [0.717, 1.165) is 36.4 Å². The molecule has 0 aromatic carbocycles. The van der Waals surface area contributed by atoms with Gasteiger partial charge in [0.05, 0.1) is 0 Å². The molecular weight excluding hydrogens is 304 g/mol. The first-order valence-electron chi connectivity index (χ1n) is 7.56. The first kappa shape index (κ1) is 16.9. The van der Waals surface area contributed by atoms with Crippen molar-refractivity contribution >= 4 is 21.4 Å². The summed E-state index contributed by atoms with van der Waals surface area (Å²) in [5, 5.41) is 3.32. The Bertz CT molecular complexity index is 591. The minimum absolute atomic E-state index is 0.295. The van der Waals surface area contributed by atoms with Gasteiger partial charge in [0.1, 0.15) is 4.21 Å². The highest BCUT2D eigenvalue weighted by molar-refractivity contribution is 7.91. The lowest BCUT2D eigenvalue weighted by atomic mass is 10.1. The summed E-state index contributed by atoms with van der Waals surface area (Å²) in [6, 6.07) is 1.79. The Balaban J connectivity index is 1.98. The summed E-state index contributed by atoms with van der Waals surface area (Å²) in [4.78, 5) is 1.11. The van der Waals surface area contributed by atoms with E-state index in [9.17, 15) is 8.42 Å². The number of rotatable bonds is 8. The third-order valence-corrected chi connectivity index (χ3v) is 7.35. The second kappa shape index (κ2) is 6.36.